The first-order valence-corrected chi connectivity index (χ1v) is 12.6. The van der Waals surface area contributed by atoms with Gasteiger partial charge in [-0.2, -0.15) is 4.98 Å². The largest absolute Gasteiger partial charge is 0.486 e. The topological polar surface area (TPSA) is 134 Å². The van der Waals surface area contributed by atoms with Crippen molar-refractivity contribution in [3.8, 4) is 23.0 Å². The average molecular weight is 528 g/mol. The summed E-state index contributed by atoms with van der Waals surface area (Å²) in [7, 11) is -4.24. The van der Waals surface area contributed by atoms with Crippen LogP contribution in [0.15, 0.2) is 81.1 Å². The minimum absolute atomic E-state index is 0.0342. The molecule has 0 bridgehead atoms. The van der Waals surface area contributed by atoms with E-state index in [0.29, 0.717) is 22.9 Å². The highest BCUT2D eigenvalue weighted by atomic mass is 35.5. The van der Waals surface area contributed by atoms with E-state index in [2.05, 4.69) is 10.3 Å². The molecule has 36 heavy (non-hydrogen) atoms. The highest BCUT2D eigenvalue weighted by Gasteiger charge is 2.31. The Bertz CT molecular complexity index is 1570. The second kappa shape index (κ2) is 9.51. The number of halogens is 1. The molecule has 10 nitrogen and oxygen atoms in total. The fraction of sp³-hybridized carbons (Fsp3) is 0.125. The van der Waals surface area contributed by atoms with Gasteiger partial charge in [0.05, 0.1) is 9.82 Å². The van der Waals surface area contributed by atoms with Crippen molar-refractivity contribution < 1.29 is 27.2 Å². The van der Waals surface area contributed by atoms with Crippen molar-refractivity contribution in [3.05, 3.63) is 87.4 Å². The number of aromatic nitrogens is 1. The van der Waals surface area contributed by atoms with Crippen molar-refractivity contribution in [1.82, 2.24) is 4.98 Å². The molecule has 1 N–H and O–H groups in total. The average Bonchev–Trinajstić information content (AvgIpc) is 3.33. The van der Waals surface area contributed by atoms with Crippen LogP contribution in [0.3, 0.4) is 0 Å². The van der Waals surface area contributed by atoms with E-state index < -0.39 is 19.8 Å². The van der Waals surface area contributed by atoms with E-state index in [1.807, 2.05) is 0 Å². The first kappa shape index (κ1) is 23.6. The van der Waals surface area contributed by atoms with Crippen molar-refractivity contribution in [2.24, 2.45) is 0 Å². The van der Waals surface area contributed by atoms with Gasteiger partial charge in [-0.25, -0.2) is 8.42 Å². The summed E-state index contributed by atoms with van der Waals surface area (Å²) in [6.45, 7) is 0.763. The quantitative estimate of drug-likeness (QED) is 0.256. The number of nitrogens with one attached hydrogen (secondary N) is 1. The first-order valence-electron chi connectivity index (χ1n) is 10.7. The summed E-state index contributed by atoms with van der Waals surface area (Å²) >= 11 is 6.24. The van der Waals surface area contributed by atoms with Crippen LogP contribution in [0.5, 0.6) is 11.5 Å². The highest BCUT2D eigenvalue weighted by Crippen LogP contribution is 2.38. The van der Waals surface area contributed by atoms with Gasteiger partial charge in [0.15, 0.2) is 11.5 Å². The number of hydrogen-bond acceptors (Lipinski definition) is 9. The van der Waals surface area contributed by atoms with E-state index in [4.69, 9.17) is 25.5 Å². The summed E-state index contributed by atoms with van der Waals surface area (Å²) < 4.78 is 44.1. The lowest BCUT2D eigenvalue weighted by atomic mass is 10.2. The fourth-order valence-electron chi connectivity index (χ4n) is 3.65. The van der Waals surface area contributed by atoms with Crippen LogP contribution in [-0.4, -0.2) is 31.5 Å². The van der Waals surface area contributed by atoms with Gasteiger partial charge in [-0.1, -0.05) is 41.9 Å². The number of nitro groups is 1. The Morgan fingerprint density at radius 1 is 1.00 bits per heavy atom. The number of benzene rings is 3. The van der Waals surface area contributed by atoms with Crippen LogP contribution in [0.1, 0.15) is 5.56 Å². The van der Waals surface area contributed by atoms with Gasteiger partial charge in [-0.05, 0) is 29.8 Å². The SMILES string of the molecule is O=[N+]([O-])c1ccccc1-c1nc(S(=O)(=O)c2ccc3c(c2)OCCO3)c(NCc2ccccc2Cl)o1. The molecule has 1 aromatic heterocycles. The molecule has 0 fully saturated rings. The van der Waals surface area contributed by atoms with E-state index in [1.54, 1.807) is 30.3 Å². The number of nitro benzene ring substituents is 1. The molecule has 0 saturated heterocycles. The number of sulfone groups is 1. The van der Waals surface area contributed by atoms with Crippen molar-refractivity contribution >= 4 is 33.0 Å². The summed E-state index contributed by atoms with van der Waals surface area (Å²) in [6, 6.07) is 17.0. The second-order valence-electron chi connectivity index (χ2n) is 7.68. The van der Waals surface area contributed by atoms with Crippen LogP contribution in [0, 0.1) is 10.1 Å². The van der Waals surface area contributed by atoms with Gasteiger partial charge in [0.2, 0.25) is 26.6 Å². The van der Waals surface area contributed by atoms with Crippen molar-refractivity contribution in [1.29, 1.82) is 0 Å². The van der Waals surface area contributed by atoms with Crippen molar-refractivity contribution in [3.63, 3.8) is 0 Å². The van der Waals surface area contributed by atoms with Gasteiger partial charge < -0.3 is 19.2 Å². The molecule has 2 heterocycles. The van der Waals surface area contributed by atoms with E-state index in [9.17, 15) is 18.5 Å². The molecule has 0 unspecified atom stereocenters. The van der Waals surface area contributed by atoms with Gasteiger partial charge >= 0.3 is 0 Å². The molecule has 0 atom stereocenters. The molecule has 1 aliphatic rings. The van der Waals surface area contributed by atoms with E-state index >= 15 is 0 Å². The number of fused-ring (bicyclic) bond motifs is 1. The van der Waals surface area contributed by atoms with Gasteiger partial charge in [0.1, 0.15) is 18.8 Å². The minimum Gasteiger partial charge on any atom is -0.486 e. The molecule has 0 aliphatic carbocycles. The lowest BCUT2D eigenvalue weighted by molar-refractivity contribution is -0.384. The Morgan fingerprint density at radius 3 is 2.50 bits per heavy atom. The Kier molecular flexibility index (Phi) is 6.25. The van der Waals surface area contributed by atoms with Crippen LogP contribution in [-0.2, 0) is 16.4 Å². The zero-order valence-electron chi connectivity index (χ0n) is 18.5. The van der Waals surface area contributed by atoms with Crippen LogP contribution in [0.2, 0.25) is 5.02 Å². The van der Waals surface area contributed by atoms with Crippen LogP contribution in [0.25, 0.3) is 11.5 Å². The molecule has 0 saturated carbocycles. The predicted octanol–water partition coefficient (Wildman–Crippen LogP) is 5.12. The Hall–Kier alpha value is -4.09. The summed E-state index contributed by atoms with van der Waals surface area (Å²) in [4.78, 5) is 15.0. The van der Waals surface area contributed by atoms with E-state index in [0.717, 1.165) is 0 Å². The molecular formula is C24H18ClN3O7S. The van der Waals surface area contributed by atoms with Gasteiger partial charge in [-0.15, -0.1) is 0 Å². The zero-order valence-corrected chi connectivity index (χ0v) is 20.1. The molecule has 4 aromatic rings. The maximum Gasteiger partial charge on any atom is 0.282 e. The number of anilines is 1. The van der Waals surface area contributed by atoms with Gasteiger partial charge in [-0.3, -0.25) is 10.1 Å². The third-order valence-corrected chi connectivity index (χ3v) is 7.43. The highest BCUT2D eigenvalue weighted by molar-refractivity contribution is 7.91. The number of oxazole rings is 1. The Labute approximate surface area is 210 Å². The van der Waals surface area contributed by atoms with Gasteiger partial charge in [0.25, 0.3) is 5.69 Å². The molecule has 3 aromatic carbocycles. The van der Waals surface area contributed by atoms with Gasteiger partial charge in [0, 0.05) is 23.7 Å². The molecular weight excluding hydrogens is 510 g/mol. The van der Waals surface area contributed by atoms with E-state index in [-0.39, 0.29) is 46.8 Å². The van der Waals surface area contributed by atoms with Crippen LogP contribution < -0.4 is 14.8 Å². The number of ether oxygens (including phenoxy) is 2. The van der Waals surface area contributed by atoms with E-state index in [1.165, 1.54) is 36.4 Å². The molecule has 0 amide bonds. The third kappa shape index (κ3) is 4.45. The van der Waals surface area contributed by atoms with Crippen molar-refractivity contribution in [2.75, 3.05) is 18.5 Å². The monoisotopic (exact) mass is 527 g/mol. The van der Waals surface area contributed by atoms with Crippen molar-refractivity contribution in [2.45, 2.75) is 16.5 Å². The second-order valence-corrected chi connectivity index (χ2v) is 9.95. The normalized spacial score (nSPS) is 12.8. The maximum atomic E-state index is 13.7. The standard InChI is InChI=1S/C24H18ClN3O7S/c25-18-7-3-1-5-15(18)14-26-23-24(27-22(35-23)17-6-2-4-8-19(17)28(29)30)36(31,32)16-9-10-20-21(13-16)34-12-11-33-20/h1-10,13,26H,11-12,14H2. The molecule has 1 aliphatic heterocycles. The molecule has 5 rings (SSSR count). The molecule has 12 heteroatoms. The fourth-order valence-corrected chi connectivity index (χ4v) is 5.14. The van der Waals surface area contributed by atoms with Crippen LogP contribution >= 0.6 is 11.6 Å². The smallest absolute Gasteiger partial charge is 0.282 e. The number of rotatable bonds is 7. The number of hydrogen-bond donors (Lipinski definition) is 1. The maximum absolute atomic E-state index is 13.7. The predicted molar refractivity (Wildman–Crippen MR) is 130 cm³/mol. The first-order chi connectivity index (χ1) is 17.3. The summed E-state index contributed by atoms with van der Waals surface area (Å²) in [5, 5.41) is 14.5. The van der Waals surface area contributed by atoms with Crippen LogP contribution in [0.4, 0.5) is 11.6 Å². The molecule has 0 spiro atoms. The summed E-state index contributed by atoms with van der Waals surface area (Å²) in [6.07, 6.45) is 0. The lowest BCUT2D eigenvalue weighted by Crippen LogP contribution is -2.16. The molecule has 0 radical (unpaired) electrons. The minimum atomic E-state index is -4.24. The molecule has 184 valence electrons. The Morgan fingerprint density at radius 2 is 1.72 bits per heavy atom. The summed E-state index contributed by atoms with van der Waals surface area (Å²) in [5.74, 6) is 0.311. The Balaban J connectivity index is 1.60. The third-order valence-electron chi connectivity index (χ3n) is 5.40. The zero-order chi connectivity index (χ0) is 25.3. The number of nitrogens with zero attached hydrogens (tertiary/aromatic N) is 2. The summed E-state index contributed by atoms with van der Waals surface area (Å²) in [5.41, 5.74) is 0.442. The number of para-hydroxylation sites is 1. The lowest BCUT2D eigenvalue weighted by Gasteiger charge is -2.18.